The van der Waals surface area contributed by atoms with Gasteiger partial charge in [0.15, 0.2) is 11.5 Å². The van der Waals surface area contributed by atoms with Crippen LogP contribution in [-0.4, -0.2) is 32.2 Å². The number of aromatic nitrogens is 3. The maximum Gasteiger partial charge on any atom is 0.433 e. The number of benzene rings is 1. The summed E-state index contributed by atoms with van der Waals surface area (Å²) < 4.78 is 69.0. The summed E-state index contributed by atoms with van der Waals surface area (Å²) in [7, 11) is 0. The van der Waals surface area contributed by atoms with Crippen molar-refractivity contribution in [2.24, 2.45) is 5.16 Å². The molecule has 3 heterocycles. The fourth-order valence-electron chi connectivity index (χ4n) is 3.19. The van der Waals surface area contributed by atoms with Gasteiger partial charge in [-0.3, -0.25) is 0 Å². The number of halogens is 5. The highest BCUT2D eigenvalue weighted by atomic mass is 19.4. The number of hydrogen-bond donors (Lipinski definition) is 1. The molecule has 184 valence electrons. The van der Waals surface area contributed by atoms with E-state index in [1.54, 1.807) is 13.8 Å². The van der Waals surface area contributed by atoms with E-state index in [9.17, 15) is 22.0 Å². The van der Waals surface area contributed by atoms with Crippen molar-refractivity contribution in [3.63, 3.8) is 0 Å². The van der Waals surface area contributed by atoms with E-state index in [0.717, 1.165) is 18.2 Å². The van der Waals surface area contributed by atoms with Crippen molar-refractivity contribution in [1.82, 2.24) is 14.8 Å². The van der Waals surface area contributed by atoms with Crippen LogP contribution in [0.2, 0.25) is 0 Å². The molecule has 0 aliphatic carbocycles. The lowest BCUT2D eigenvalue weighted by Crippen LogP contribution is -2.19. The first-order chi connectivity index (χ1) is 16.4. The molecule has 1 aliphatic heterocycles. The van der Waals surface area contributed by atoms with Crippen molar-refractivity contribution in [3.8, 4) is 5.82 Å². The van der Waals surface area contributed by atoms with Crippen LogP contribution in [0.15, 0.2) is 47.8 Å². The largest absolute Gasteiger partial charge is 0.433 e. The number of anilines is 1. The van der Waals surface area contributed by atoms with Crippen molar-refractivity contribution in [3.05, 3.63) is 71.2 Å². The number of hydrogen-bond acceptors (Lipinski definition) is 7. The highest BCUT2D eigenvalue weighted by Crippen LogP contribution is 2.33. The lowest BCUT2D eigenvalue weighted by Gasteiger charge is -2.12. The first kappa shape index (κ1) is 25.5. The minimum atomic E-state index is -4.68. The van der Waals surface area contributed by atoms with Crippen LogP contribution in [0.4, 0.5) is 27.6 Å². The summed E-state index contributed by atoms with van der Waals surface area (Å²) in [5, 5.41) is 10.7. The van der Waals surface area contributed by atoms with E-state index in [-0.39, 0.29) is 29.8 Å². The van der Waals surface area contributed by atoms with Crippen molar-refractivity contribution in [1.29, 1.82) is 0 Å². The minimum absolute atomic E-state index is 0.0435. The monoisotopic (exact) mass is 495 g/mol. The third-order valence-corrected chi connectivity index (χ3v) is 4.79. The second-order valence-electron chi connectivity index (χ2n) is 7.93. The predicted molar refractivity (Wildman–Crippen MR) is 111 cm³/mol. The second-order valence-corrected chi connectivity index (χ2v) is 7.93. The van der Waals surface area contributed by atoms with Crippen LogP contribution in [0.3, 0.4) is 0 Å². The van der Waals surface area contributed by atoms with Gasteiger partial charge in [0.1, 0.15) is 28.6 Å². The van der Waals surface area contributed by atoms with Gasteiger partial charge in [0.2, 0.25) is 0 Å². The number of nitrogens with zero attached hydrogens (tertiary/aromatic N) is 4. The Labute approximate surface area is 195 Å². The Morgan fingerprint density at radius 2 is 1.80 bits per heavy atom. The van der Waals surface area contributed by atoms with Crippen molar-refractivity contribution in [2.45, 2.75) is 38.6 Å². The molecule has 0 spiro atoms. The van der Waals surface area contributed by atoms with Crippen LogP contribution in [0.1, 0.15) is 37.2 Å². The van der Waals surface area contributed by atoms with E-state index in [2.05, 4.69) is 20.6 Å². The summed E-state index contributed by atoms with van der Waals surface area (Å²) in [6, 6.07) is 7.20. The molecule has 0 saturated carbocycles. The fourth-order valence-corrected chi connectivity index (χ4v) is 3.19. The molecule has 0 bridgehead atoms. The van der Waals surface area contributed by atoms with Gasteiger partial charge in [-0.15, -0.1) is 0 Å². The second kappa shape index (κ2) is 10.0. The number of nitrogens with one attached hydrogen (secondary N) is 1. The van der Waals surface area contributed by atoms with Gasteiger partial charge in [0.25, 0.3) is 0 Å². The maximum absolute atomic E-state index is 13.7. The maximum atomic E-state index is 13.7. The molecule has 35 heavy (non-hydrogen) atoms. The Kier molecular flexibility index (Phi) is 7.30. The Morgan fingerprint density at radius 1 is 1.14 bits per heavy atom. The van der Waals surface area contributed by atoms with E-state index < -0.39 is 29.1 Å². The fraction of sp³-hybridized carbons (Fsp3) is 0.273. The number of alkyl halides is 3. The Bertz CT molecular complexity index is 1240. The van der Waals surface area contributed by atoms with E-state index in [1.807, 2.05) is 0 Å². The molecule has 0 unspecified atom stereocenters. The van der Waals surface area contributed by atoms with Crippen molar-refractivity contribution in [2.75, 3.05) is 5.32 Å². The molecule has 2 aromatic heterocycles. The van der Waals surface area contributed by atoms with E-state index >= 15 is 0 Å². The normalized spacial score (nSPS) is 14.3. The van der Waals surface area contributed by atoms with Crippen LogP contribution in [-0.2, 0) is 27.1 Å². The van der Waals surface area contributed by atoms with Crippen LogP contribution in [0, 0.1) is 11.6 Å². The first-order valence-corrected chi connectivity index (χ1v) is 10.0. The number of pyridine rings is 1. The average Bonchev–Trinajstić information content (AvgIpc) is 3.38. The van der Waals surface area contributed by atoms with Gasteiger partial charge >= 0.3 is 12.3 Å². The molecule has 0 radical (unpaired) electrons. The van der Waals surface area contributed by atoms with E-state index in [1.165, 1.54) is 24.4 Å². The predicted octanol–water partition coefficient (Wildman–Crippen LogP) is 4.50. The third kappa shape index (κ3) is 6.07. The van der Waals surface area contributed by atoms with Crippen LogP contribution >= 0.6 is 0 Å². The number of carbonyl (C=O) groups excluding carboxylic acids is 2. The molecular formula is C22H18F5N5O3. The minimum Gasteiger partial charge on any atom is -0.389 e. The van der Waals surface area contributed by atoms with Gasteiger partial charge in [0.05, 0.1) is 11.9 Å². The lowest BCUT2D eigenvalue weighted by atomic mass is 10.0. The van der Waals surface area contributed by atoms with Crippen molar-refractivity contribution < 1.29 is 36.4 Å². The van der Waals surface area contributed by atoms with Gasteiger partial charge < -0.3 is 10.2 Å². The molecule has 4 rings (SSSR count). The summed E-state index contributed by atoms with van der Waals surface area (Å²) in [4.78, 5) is 25.5. The zero-order valence-corrected chi connectivity index (χ0v) is 18.4. The lowest BCUT2D eigenvalue weighted by molar-refractivity contribution is -0.191. The molecule has 13 heteroatoms. The average molecular weight is 495 g/mol. The Morgan fingerprint density at radius 3 is 2.31 bits per heavy atom. The molecule has 1 N–H and O–H groups in total. The molecule has 8 nitrogen and oxygen atoms in total. The SMILES string of the molecule is CC1(C)CC(c2cc(C(F)(F)F)n(-c3ccc(NCc4c(F)cccc4F)cn3)n2)=NO1.O=C=O. The number of rotatable bonds is 5. The Hall–Kier alpha value is -4.12. The van der Waals surface area contributed by atoms with Crippen LogP contribution in [0.5, 0.6) is 0 Å². The summed E-state index contributed by atoms with van der Waals surface area (Å²) >= 11 is 0. The van der Waals surface area contributed by atoms with Crippen LogP contribution < -0.4 is 5.32 Å². The quantitative estimate of drug-likeness (QED) is 0.524. The zero-order valence-electron chi connectivity index (χ0n) is 18.4. The van der Waals surface area contributed by atoms with E-state index in [0.29, 0.717) is 22.5 Å². The molecule has 3 aromatic rings. The topological polar surface area (TPSA) is 98.5 Å². The summed E-state index contributed by atoms with van der Waals surface area (Å²) in [6.45, 7) is 3.38. The molecular weight excluding hydrogens is 477 g/mol. The van der Waals surface area contributed by atoms with Gasteiger partial charge in [0, 0.05) is 18.5 Å². The molecule has 1 aliphatic rings. The third-order valence-electron chi connectivity index (χ3n) is 4.79. The zero-order chi connectivity index (χ0) is 25.8. The standard InChI is InChI=1S/C21H18F5N5O.CO2/c1-20(2)9-17(30-32-20)16-8-18(21(24,25)26)31(29-16)19-7-6-12(10-28-19)27-11-13-14(22)4-3-5-15(13)23;2-1-3/h3-8,10,27H,9,11H2,1-2H3;. The first-order valence-electron chi connectivity index (χ1n) is 10.0. The Balaban J connectivity index is 0.00000108. The highest BCUT2D eigenvalue weighted by Gasteiger charge is 2.39. The molecule has 0 amide bonds. The van der Waals surface area contributed by atoms with Gasteiger partial charge in [-0.2, -0.15) is 27.9 Å². The molecule has 1 aromatic carbocycles. The molecule has 0 fully saturated rings. The van der Waals surface area contributed by atoms with E-state index in [4.69, 9.17) is 14.4 Å². The highest BCUT2D eigenvalue weighted by molar-refractivity contribution is 6.00. The summed E-state index contributed by atoms with van der Waals surface area (Å²) in [6.07, 6.45) is -2.86. The smallest absolute Gasteiger partial charge is 0.389 e. The molecule has 0 atom stereocenters. The van der Waals surface area contributed by atoms with Gasteiger partial charge in [-0.1, -0.05) is 11.2 Å². The molecule has 0 saturated heterocycles. The summed E-state index contributed by atoms with van der Waals surface area (Å²) in [5.41, 5.74) is -1.07. The van der Waals surface area contributed by atoms with Crippen LogP contribution in [0.25, 0.3) is 5.82 Å². The number of oxime groups is 1. The summed E-state index contributed by atoms with van der Waals surface area (Å²) in [5.74, 6) is -1.49. The van der Waals surface area contributed by atoms with Gasteiger partial charge in [-0.05, 0) is 44.2 Å². The van der Waals surface area contributed by atoms with Crippen molar-refractivity contribution >= 4 is 17.6 Å². The van der Waals surface area contributed by atoms with Gasteiger partial charge in [-0.25, -0.2) is 18.4 Å².